The van der Waals surface area contributed by atoms with Gasteiger partial charge in [-0.1, -0.05) is 30.3 Å². The van der Waals surface area contributed by atoms with Gasteiger partial charge in [-0.3, -0.25) is 14.6 Å². The number of pyridine rings is 2. The number of aromatic hydroxyl groups is 1. The first-order chi connectivity index (χ1) is 25.0. The summed E-state index contributed by atoms with van der Waals surface area (Å²) in [5, 5.41) is 14.0. The Balaban J connectivity index is 1.26. The molecule has 8 bridgehead atoms. The number of rotatable bonds is 3. The van der Waals surface area contributed by atoms with Crippen LogP contribution in [-0.2, 0) is 6.42 Å². The fourth-order valence-electron chi connectivity index (χ4n) is 6.84. The lowest BCUT2D eigenvalue weighted by atomic mass is 9.87. The molecule has 9 rings (SSSR count). The molecule has 0 saturated heterocycles. The third-order valence-corrected chi connectivity index (χ3v) is 9.32. The molecule has 1 atom stereocenters. The summed E-state index contributed by atoms with van der Waals surface area (Å²) in [7, 11) is 1.59. The Kier molecular flexibility index (Phi) is 8.41. The van der Waals surface area contributed by atoms with Crippen LogP contribution in [0.4, 0.5) is 0 Å². The number of hydrogen-bond acceptors (Lipinski definition) is 8. The number of fused-ring (bicyclic) bond motifs is 7. The summed E-state index contributed by atoms with van der Waals surface area (Å²) >= 11 is 0. The largest absolute Gasteiger partial charge is 0.507 e. The average Bonchev–Trinajstić information content (AvgIpc) is 3.17. The van der Waals surface area contributed by atoms with E-state index in [1.165, 1.54) is 12.1 Å². The SMILES string of the molecule is COc1ccc2cc1OCCCNC(=O)c1cc(ccc1O)Oc1ccc3c(c1)CCN(C(=O)c1cc(-c4cccnc4)nc4ccccc14)C23. The molecular weight excluding hydrogens is 644 g/mol. The van der Waals surface area contributed by atoms with E-state index in [2.05, 4.69) is 10.3 Å². The summed E-state index contributed by atoms with van der Waals surface area (Å²) < 4.78 is 18.1. The topological polar surface area (TPSA) is 123 Å². The minimum atomic E-state index is -0.462. The Morgan fingerprint density at radius 2 is 1.84 bits per heavy atom. The number of amides is 2. The Hall–Kier alpha value is -6.42. The molecule has 10 heteroatoms. The van der Waals surface area contributed by atoms with Crippen molar-refractivity contribution in [2.75, 3.05) is 26.8 Å². The van der Waals surface area contributed by atoms with Crippen molar-refractivity contribution in [3.8, 4) is 40.0 Å². The number of nitrogens with zero attached hydrogens (tertiary/aromatic N) is 3. The van der Waals surface area contributed by atoms with Crippen LogP contribution in [0.1, 0.15) is 49.9 Å². The van der Waals surface area contributed by atoms with E-state index in [4.69, 9.17) is 19.2 Å². The molecule has 4 aromatic carbocycles. The second-order valence-electron chi connectivity index (χ2n) is 12.5. The summed E-state index contributed by atoms with van der Waals surface area (Å²) in [6, 6.07) is 29.1. The number of carbonyl (C=O) groups is 2. The van der Waals surface area contributed by atoms with Crippen molar-refractivity contribution in [3.63, 3.8) is 0 Å². The van der Waals surface area contributed by atoms with E-state index in [-0.39, 0.29) is 17.2 Å². The summed E-state index contributed by atoms with van der Waals surface area (Å²) in [4.78, 5) is 39.0. The lowest BCUT2D eigenvalue weighted by molar-refractivity contribution is 0.0696. The molecule has 2 aromatic heterocycles. The maximum atomic E-state index is 15.0. The molecule has 0 radical (unpaired) electrons. The van der Waals surface area contributed by atoms with Gasteiger partial charge >= 0.3 is 0 Å². The van der Waals surface area contributed by atoms with Crippen molar-refractivity contribution < 1.29 is 28.9 Å². The van der Waals surface area contributed by atoms with Crippen molar-refractivity contribution in [2.45, 2.75) is 18.9 Å². The number of aromatic nitrogens is 2. The first-order valence-corrected chi connectivity index (χ1v) is 16.8. The third kappa shape index (κ3) is 6.16. The van der Waals surface area contributed by atoms with Gasteiger partial charge < -0.3 is 29.5 Å². The van der Waals surface area contributed by atoms with Gasteiger partial charge in [-0.05, 0) is 96.3 Å². The van der Waals surface area contributed by atoms with Crippen LogP contribution in [0, 0.1) is 0 Å². The number of benzene rings is 4. The van der Waals surface area contributed by atoms with Gasteiger partial charge in [0.05, 0.1) is 42.1 Å². The number of ether oxygens (including phenoxy) is 3. The highest BCUT2D eigenvalue weighted by Crippen LogP contribution is 2.42. The number of hydrogen-bond donors (Lipinski definition) is 2. The predicted octanol–water partition coefficient (Wildman–Crippen LogP) is 7.10. The maximum Gasteiger partial charge on any atom is 0.255 e. The minimum Gasteiger partial charge on any atom is -0.507 e. The van der Waals surface area contributed by atoms with Crippen LogP contribution in [0.5, 0.6) is 28.7 Å². The smallest absolute Gasteiger partial charge is 0.255 e. The quantitative estimate of drug-likeness (QED) is 0.203. The van der Waals surface area contributed by atoms with Crippen LogP contribution < -0.4 is 19.5 Å². The van der Waals surface area contributed by atoms with E-state index in [9.17, 15) is 14.7 Å². The highest BCUT2D eigenvalue weighted by Gasteiger charge is 2.34. The molecule has 2 N–H and O–H groups in total. The highest BCUT2D eigenvalue weighted by atomic mass is 16.5. The zero-order chi connectivity index (χ0) is 34.9. The molecule has 10 nitrogen and oxygen atoms in total. The molecule has 3 aliphatic rings. The Bertz CT molecular complexity index is 2290. The normalized spacial score (nSPS) is 15.6. The number of methoxy groups -OCH3 is 1. The number of para-hydroxylation sites is 1. The predicted molar refractivity (Wildman–Crippen MR) is 192 cm³/mol. The summed E-state index contributed by atoms with van der Waals surface area (Å²) in [6.07, 6.45) is 4.54. The molecule has 0 fully saturated rings. The number of nitrogens with one attached hydrogen (secondary N) is 1. The van der Waals surface area contributed by atoms with Crippen LogP contribution in [0.15, 0.2) is 109 Å². The first-order valence-electron chi connectivity index (χ1n) is 16.8. The molecule has 0 aliphatic carbocycles. The second kappa shape index (κ2) is 13.5. The molecule has 254 valence electrons. The van der Waals surface area contributed by atoms with E-state index < -0.39 is 11.9 Å². The Morgan fingerprint density at radius 1 is 0.980 bits per heavy atom. The molecule has 6 aromatic rings. The summed E-state index contributed by atoms with van der Waals surface area (Å²) in [5.41, 5.74) is 5.72. The van der Waals surface area contributed by atoms with E-state index in [1.54, 1.807) is 25.6 Å². The zero-order valence-electron chi connectivity index (χ0n) is 27.8. The Labute approximate surface area is 294 Å². The van der Waals surface area contributed by atoms with E-state index >= 15 is 0 Å². The van der Waals surface area contributed by atoms with Gasteiger partial charge in [0.1, 0.15) is 17.2 Å². The van der Waals surface area contributed by atoms with E-state index in [0.29, 0.717) is 66.8 Å². The molecule has 3 aliphatic heterocycles. The zero-order valence-corrected chi connectivity index (χ0v) is 27.8. The fraction of sp³-hybridized carbons (Fsp3) is 0.171. The molecule has 0 saturated carbocycles. The maximum absolute atomic E-state index is 15.0. The summed E-state index contributed by atoms with van der Waals surface area (Å²) in [6.45, 7) is 1.05. The van der Waals surface area contributed by atoms with Gasteiger partial charge in [-0.15, -0.1) is 0 Å². The third-order valence-electron chi connectivity index (χ3n) is 9.32. The van der Waals surface area contributed by atoms with Crippen molar-refractivity contribution >= 4 is 22.7 Å². The standard InChI is InChI=1S/C41H34N4O6/c1-49-37-14-9-26-21-38(37)50-19-5-17-43-40(47)33-22-29(11-13-36(33)46)51-28-10-12-30-25(20-28)15-18-45(39(26)30)41(48)32-23-35(27-6-4-16-42-24-27)44-34-8-3-2-7-31(32)34/h2-4,6-14,16,20-24,39,46H,5,15,17-19H2,1H3,(H,43,47). The average molecular weight is 679 g/mol. The fourth-order valence-corrected chi connectivity index (χ4v) is 6.84. The van der Waals surface area contributed by atoms with E-state index in [0.717, 1.165) is 33.2 Å². The Morgan fingerprint density at radius 3 is 2.71 bits per heavy atom. The highest BCUT2D eigenvalue weighted by molar-refractivity contribution is 6.07. The van der Waals surface area contributed by atoms with Gasteiger partial charge in [0.25, 0.3) is 11.8 Å². The van der Waals surface area contributed by atoms with Gasteiger partial charge in [0, 0.05) is 36.4 Å². The van der Waals surface area contributed by atoms with Crippen LogP contribution in [-0.4, -0.2) is 58.6 Å². The molecule has 2 amide bonds. The summed E-state index contributed by atoms with van der Waals surface area (Å²) in [5.74, 6) is 1.40. The van der Waals surface area contributed by atoms with Gasteiger partial charge in [0.2, 0.25) is 0 Å². The first kappa shape index (κ1) is 31.8. The van der Waals surface area contributed by atoms with Crippen molar-refractivity contribution in [1.82, 2.24) is 20.2 Å². The van der Waals surface area contributed by atoms with Gasteiger partial charge in [-0.2, -0.15) is 0 Å². The molecule has 0 spiro atoms. The van der Waals surface area contributed by atoms with Gasteiger partial charge in [0.15, 0.2) is 11.5 Å². The molecular formula is C41H34N4O6. The van der Waals surface area contributed by atoms with Crippen LogP contribution in [0.25, 0.3) is 22.2 Å². The van der Waals surface area contributed by atoms with Crippen molar-refractivity contribution in [2.24, 2.45) is 0 Å². The van der Waals surface area contributed by atoms with Crippen LogP contribution in [0.2, 0.25) is 0 Å². The molecule has 5 heterocycles. The minimum absolute atomic E-state index is 0.117. The van der Waals surface area contributed by atoms with Crippen LogP contribution in [0.3, 0.4) is 0 Å². The molecule has 1 unspecified atom stereocenters. The van der Waals surface area contributed by atoms with E-state index in [1.807, 2.05) is 83.8 Å². The lowest BCUT2D eigenvalue weighted by Crippen LogP contribution is -2.40. The monoisotopic (exact) mass is 678 g/mol. The van der Waals surface area contributed by atoms with Crippen molar-refractivity contribution in [1.29, 1.82) is 0 Å². The number of carbonyl (C=O) groups excluding carboxylic acids is 2. The van der Waals surface area contributed by atoms with Crippen molar-refractivity contribution in [3.05, 3.63) is 137 Å². The lowest BCUT2D eigenvalue weighted by Gasteiger charge is -2.38. The second-order valence-corrected chi connectivity index (χ2v) is 12.5. The number of phenols is 1. The number of phenolic OH excluding ortho intramolecular Hbond substituents is 1. The van der Waals surface area contributed by atoms with Crippen LogP contribution >= 0.6 is 0 Å². The van der Waals surface area contributed by atoms with Gasteiger partial charge in [-0.25, -0.2) is 4.98 Å². The molecule has 51 heavy (non-hydrogen) atoms.